The van der Waals surface area contributed by atoms with Gasteiger partial charge in [-0.3, -0.25) is 0 Å². The Balaban J connectivity index is 0.00000196. The number of hydrogen-bond acceptors (Lipinski definition) is 2. The lowest BCUT2D eigenvalue weighted by Crippen LogP contribution is -3.00. The van der Waals surface area contributed by atoms with Gasteiger partial charge in [-0.25, -0.2) is 0 Å². The summed E-state index contributed by atoms with van der Waals surface area (Å²) in [5, 5.41) is 3.46. The van der Waals surface area contributed by atoms with E-state index in [1.54, 1.807) is 0 Å². The van der Waals surface area contributed by atoms with Gasteiger partial charge in [0.25, 0.3) is 0 Å². The molecule has 1 aromatic heterocycles. The molecular formula is C22H20BrN3. The molecule has 0 aliphatic rings. The van der Waals surface area contributed by atoms with Crippen LogP contribution in [-0.2, 0) is 6.54 Å². The molecule has 3 nitrogen and oxygen atoms in total. The molecule has 26 heavy (non-hydrogen) atoms. The zero-order chi connectivity index (χ0) is 17.4. The Morgan fingerprint density at radius 1 is 0.808 bits per heavy atom. The predicted molar refractivity (Wildman–Crippen MR) is 106 cm³/mol. The van der Waals surface area contributed by atoms with Crippen molar-refractivity contribution in [1.29, 1.82) is 0 Å². The van der Waals surface area contributed by atoms with Crippen LogP contribution in [0.5, 0.6) is 0 Å². The summed E-state index contributed by atoms with van der Waals surface area (Å²) in [6.45, 7) is 4.63. The lowest BCUT2D eigenvalue weighted by atomic mass is 9.98. The number of nitrogens with zero attached hydrogens (tertiary/aromatic N) is 1. The number of fused-ring (bicyclic) bond motifs is 3. The van der Waals surface area contributed by atoms with Crippen LogP contribution in [0.2, 0.25) is 0 Å². The first-order valence-corrected chi connectivity index (χ1v) is 8.29. The van der Waals surface area contributed by atoms with Crippen molar-refractivity contribution < 1.29 is 21.5 Å². The Bertz CT molecular complexity index is 1100. The number of nitrogens with two attached hydrogens (primary N) is 2. The minimum Gasteiger partial charge on any atom is -1.00 e. The fraction of sp³-hybridized carbons (Fsp3) is 0.0455. The third-order valence-electron chi connectivity index (χ3n) is 4.53. The average molecular weight is 406 g/mol. The van der Waals surface area contributed by atoms with Crippen LogP contribution in [0.25, 0.3) is 32.9 Å². The molecule has 1 heterocycles. The van der Waals surface area contributed by atoms with Gasteiger partial charge < -0.3 is 28.4 Å². The molecule has 0 aliphatic carbocycles. The number of pyridine rings is 1. The number of halogens is 1. The normalized spacial score (nSPS) is 10.6. The van der Waals surface area contributed by atoms with Gasteiger partial charge in [-0.1, -0.05) is 30.8 Å². The molecule has 0 atom stereocenters. The van der Waals surface area contributed by atoms with Gasteiger partial charge in [-0.2, -0.15) is 4.57 Å². The van der Waals surface area contributed by atoms with Crippen LogP contribution < -0.4 is 33.0 Å². The summed E-state index contributed by atoms with van der Waals surface area (Å²) in [4.78, 5) is 0. The zero-order valence-corrected chi connectivity index (χ0v) is 15.9. The van der Waals surface area contributed by atoms with Crippen molar-refractivity contribution in [1.82, 2.24) is 0 Å². The van der Waals surface area contributed by atoms with Gasteiger partial charge in [0.1, 0.15) is 0 Å². The largest absolute Gasteiger partial charge is 1.00 e. The summed E-state index contributed by atoms with van der Waals surface area (Å²) in [7, 11) is 0. The fourth-order valence-electron chi connectivity index (χ4n) is 3.48. The van der Waals surface area contributed by atoms with E-state index in [2.05, 4.69) is 47.5 Å². The number of allylic oxidation sites excluding steroid dienone is 1. The lowest BCUT2D eigenvalue weighted by Gasteiger charge is -2.12. The van der Waals surface area contributed by atoms with Crippen LogP contribution in [0.4, 0.5) is 11.4 Å². The Kier molecular flexibility index (Phi) is 4.96. The van der Waals surface area contributed by atoms with E-state index in [4.69, 9.17) is 11.5 Å². The Hall–Kier alpha value is -2.85. The molecule has 0 saturated heterocycles. The average Bonchev–Trinajstić information content (AvgIpc) is 2.62. The minimum absolute atomic E-state index is 0. The van der Waals surface area contributed by atoms with E-state index in [1.165, 1.54) is 5.39 Å². The number of nitrogen functional groups attached to an aromatic ring is 2. The number of anilines is 2. The molecule has 0 bridgehead atoms. The van der Waals surface area contributed by atoms with Gasteiger partial charge in [-0.15, -0.1) is 0 Å². The Morgan fingerprint density at radius 2 is 1.46 bits per heavy atom. The van der Waals surface area contributed by atoms with E-state index in [1.807, 2.05) is 36.4 Å². The number of hydrogen-bond donors (Lipinski definition) is 2. The van der Waals surface area contributed by atoms with Crippen LogP contribution in [0.15, 0.2) is 79.4 Å². The maximum atomic E-state index is 6.11. The standard InChI is InChI=1S/C22H19N3.BrH/c1-2-12-25-21-14-17(24)9-11-19(21)18-10-8-16(23)13-20(18)22(25)15-6-4-3-5-7-15;/h2-11,13-14,24H,1,12,23H2;1H. The molecule has 4 rings (SSSR count). The Morgan fingerprint density at radius 3 is 2.15 bits per heavy atom. The molecule has 4 aromatic rings. The highest BCUT2D eigenvalue weighted by Crippen LogP contribution is 2.33. The summed E-state index contributed by atoms with van der Waals surface area (Å²) < 4.78 is 2.26. The SMILES string of the molecule is C=CC[n+]1c(-c2ccccc2)c2cc(N)ccc2c2ccc(N)cc21.[Br-]. The van der Waals surface area contributed by atoms with E-state index in [9.17, 15) is 0 Å². The highest BCUT2D eigenvalue weighted by Gasteiger charge is 2.22. The van der Waals surface area contributed by atoms with Gasteiger partial charge >= 0.3 is 0 Å². The maximum Gasteiger partial charge on any atom is 0.221 e. The second-order valence-electron chi connectivity index (χ2n) is 6.20. The van der Waals surface area contributed by atoms with E-state index < -0.39 is 0 Å². The molecular weight excluding hydrogens is 386 g/mol. The summed E-state index contributed by atoms with van der Waals surface area (Å²) in [6, 6.07) is 22.5. The third kappa shape index (κ3) is 2.93. The molecule has 0 fully saturated rings. The van der Waals surface area contributed by atoms with E-state index in [0.29, 0.717) is 6.54 Å². The molecule has 0 spiro atoms. The van der Waals surface area contributed by atoms with Crippen LogP contribution >= 0.6 is 0 Å². The van der Waals surface area contributed by atoms with Gasteiger partial charge in [0.15, 0.2) is 6.54 Å². The molecule has 4 N–H and O–H groups in total. The minimum atomic E-state index is 0. The molecule has 0 unspecified atom stereocenters. The first-order chi connectivity index (χ1) is 12.2. The molecule has 4 heteroatoms. The smallest absolute Gasteiger partial charge is 0.221 e. The van der Waals surface area contributed by atoms with Crippen LogP contribution in [0, 0.1) is 0 Å². The van der Waals surface area contributed by atoms with Crippen molar-refractivity contribution in [3.05, 3.63) is 79.4 Å². The summed E-state index contributed by atoms with van der Waals surface area (Å²) >= 11 is 0. The molecule has 0 amide bonds. The van der Waals surface area contributed by atoms with Gasteiger partial charge in [0, 0.05) is 28.4 Å². The highest BCUT2D eigenvalue weighted by molar-refractivity contribution is 6.10. The quantitative estimate of drug-likeness (QED) is 0.233. The van der Waals surface area contributed by atoms with Crippen LogP contribution in [-0.4, -0.2) is 0 Å². The van der Waals surface area contributed by atoms with Crippen LogP contribution in [0.1, 0.15) is 0 Å². The van der Waals surface area contributed by atoms with Crippen molar-refractivity contribution in [2.24, 2.45) is 0 Å². The van der Waals surface area contributed by atoms with Gasteiger partial charge in [0.2, 0.25) is 11.2 Å². The second-order valence-corrected chi connectivity index (χ2v) is 6.20. The van der Waals surface area contributed by atoms with Crippen molar-refractivity contribution in [2.45, 2.75) is 6.54 Å². The van der Waals surface area contributed by atoms with Gasteiger partial charge in [-0.05, 0) is 42.5 Å². The van der Waals surface area contributed by atoms with Crippen LogP contribution in [0.3, 0.4) is 0 Å². The molecule has 0 saturated carbocycles. The number of rotatable bonds is 3. The fourth-order valence-corrected chi connectivity index (χ4v) is 3.48. The van der Waals surface area contributed by atoms with Crippen molar-refractivity contribution >= 4 is 33.1 Å². The molecule has 3 aromatic carbocycles. The number of benzene rings is 3. The first kappa shape index (κ1) is 18.0. The van der Waals surface area contributed by atoms with E-state index in [-0.39, 0.29) is 17.0 Å². The highest BCUT2D eigenvalue weighted by atomic mass is 79.9. The monoisotopic (exact) mass is 405 g/mol. The van der Waals surface area contributed by atoms with Gasteiger partial charge in [0.05, 0.1) is 10.8 Å². The van der Waals surface area contributed by atoms with E-state index >= 15 is 0 Å². The second kappa shape index (κ2) is 7.18. The van der Waals surface area contributed by atoms with E-state index in [0.717, 1.165) is 38.9 Å². The van der Waals surface area contributed by atoms with Crippen molar-refractivity contribution in [3.63, 3.8) is 0 Å². The zero-order valence-electron chi connectivity index (χ0n) is 14.3. The summed E-state index contributed by atoms with van der Waals surface area (Å²) in [5.41, 5.74) is 17.1. The van der Waals surface area contributed by atoms with Crippen molar-refractivity contribution in [3.8, 4) is 11.3 Å². The number of aromatic nitrogens is 1. The van der Waals surface area contributed by atoms with Crippen molar-refractivity contribution in [2.75, 3.05) is 11.5 Å². The predicted octanol–water partition coefficient (Wildman–Crippen LogP) is 1.30. The maximum absolute atomic E-state index is 6.11. The first-order valence-electron chi connectivity index (χ1n) is 8.29. The molecule has 0 aliphatic heterocycles. The molecule has 0 radical (unpaired) electrons. The third-order valence-corrected chi connectivity index (χ3v) is 4.53. The topological polar surface area (TPSA) is 55.9 Å². The summed E-state index contributed by atoms with van der Waals surface area (Å²) in [5.74, 6) is 0. The lowest BCUT2D eigenvalue weighted by molar-refractivity contribution is -0.648. The Labute approximate surface area is 163 Å². The summed E-state index contributed by atoms with van der Waals surface area (Å²) in [6.07, 6.45) is 1.91. The molecule has 130 valence electrons.